The molecule has 0 saturated heterocycles. The lowest BCUT2D eigenvalue weighted by Gasteiger charge is -2.12. The van der Waals surface area contributed by atoms with Crippen LogP contribution in [0.3, 0.4) is 0 Å². The molecular weight excluding hydrogens is 322 g/mol. The van der Waals surface area contributed by atoms with Crippen molar-refractivity contribution in [3.63, 3.8) is 0 Å². The van der Waals surface area contributed by atoms with Crippen LogP contribution in [0.1, 0.15) is 16.0 Å². The lowest BCUT2D eigenvalue weighted by atomic mass is 10.0. The van der Waals surface area contributed by atoms with Crippen molar-refractivity contribution < 1.29 is 8.78 Å². The van der Waals surface area contributed by atoms with Crippen molar-refractivity contribution in [2.24, 2.45) is 0 Å². The predicted molar refractivity (Wildman–Crippen MR) is 73.2 cm³/mol. The summed E-state index contributed by atoms with van der Waals surface area (Å²) in [6.45, 7) is 0. The van der Waals surface area contributed by atoms with Gasteiger partial charge >= 0.3 is 0 Å². The summed E-state index contributed by atoms with van der Waals surface area (Å²) in [5, 5.41) is 0.643. The van der Waals surface area contributed by atoms with E-state index in [4.69, 9.17) is 11.6 Å². The van der Waals surface area contributed by atoms with Crippen LogP contribution < -0.4 is 0 Å². The fourth-order valence-electron chi connectivity index (χ4n) is 1.72. The zero-order valence-electron chi connectivity index (χ0n) is 9.34. The summed E-state index contributed by atoms with van der Waals surface area (Å²) in [6, 6.07) is 11.0. The molecule has 0 aliphatic rings. The van der Waals surface area contributed by atoms with E-state index in [1.165, 1.54) is 12.1 Å². The first-order valence-corrected chi connectivity index (χ1v) is 6.69. The molecule has 94 valence electrons. The summed E-state index contributed by atoms with van der Waals surface area (Å²) in [7, 11) is 0. The monoisotopic (exact) mass is 330 g/mol. The number of rotatable bonds is 3. The lowest BCUT2D eigenvalue weighted by molar-refractivity contribution is 0.571. The molecule has 1 atom stereocenters. The molecule has 0 N–H and O–H groups in total. The Morgan fingerprint density at radius 3 is 2.50 bits per heavy atom. The van der Waals surface area contributed by atoms with Crippen molar-refractivity contribution in [2.75, 3.05) is 0 Å². The molecule has 2 aromatic rings. The minimum absolute atomic E-state index is 0.238. The highest BCUT2D eigenvalue weighted by Crippen LogP contribution is 2.31. The Morgan fingerprint density at radius 2 is 1.83 bits per heavy atom. The van der Waals surface area contributed by atoms with Crippen molar-refractivity contribution in [1.82, 2.24) is 0 Å². The molecule has 0 aliphatic heterocycles. The van der Waals surface area contributed by atoms with Crippen LogP contribution in [-0.4, -0.2) is 0 Å². The molecule has 0 fully saturated rings. The largest absolute Gasteiger partial charge is 0.207 e. The molecule has 0 bridgehead atoms. The second kappa shape index (κ2) is 5.81. The van der Waals surface area contributed by atoms with Crippen LogP contribution in [-0.2, 0) is 6.42 Å². The minimum atomic E-state index is -0.575. The maximum atomic E-state index is 13.6. The molecule has 0 heterocycles. The quantitative estimate of drug-likeness (QED) is 0.670. The highest BCUT2D eigenvalue weighted by molar-refractivity contribution is 9.09. The smallest absolute Gasteiger partial charge is 0.130 e. The Kier molecular flexibility index (Phi) is 4.36. The molecule has 0 aromatic heterocycles. The standard InChI is InChI=1S/C14H10BrClF2/c15-12(7-9-3-1-2-4-13(9)16)11-6-5-10(17)8-14(11)18/h1-6,8,12H,7H2. The molecule has 0 spiro atoms. The SMILES string of the molecule is Fc1ccc(C(Br)Cc2ccccc2Cl)c(F)c1. The van der Waals surface area contributed by atoms with Gasteiger partial charge < -0.3 is 0 Å². The zero-order chi connectivity index (χ0) is 13.1. The minimum Gasteiger partial charge on any atom is -0.207 e. The summed E-state index contributed by atoms with van der Waals surface area (Å²) in [6.07, 6.45) is 0.544. The van der Waals surface area contributed by atoms with E-state index in [1.54, 1.807) is 6.07 Å². The van der Waals surface area contributed by atoms with Gasteiger partial charge in [-0.25, -0.2) is 8.78 Å². The highest BCUT2D eigenvalue weighted by atomic mass is 79.9. The van der Waals surface area contributed by atoms with E-state index >= 15 is 0 Å². The lowest BCUT2D eigenvalue weighted by Crippen LogP contribution is -1.99. The van der Waals surface area contributed by atoms with Gasteiger partial charge in [-0.3, -0.25) is 0 Å². The van der Waals surface area contributed by atoms with Gasteiger partial charge in [0.05, 0.1) is 0 Å². The molecule has 0 nitrogen and oxygen atoms in total. The maximum absolute atomic E-state index is 13.6. The van der Waals surface area contributed by atoms with Crippen molar-refractivity contribution in [2.45, 2.75) is 11.2 Å². The third-order valence-corrected chi connectivity index (χ3v) is 3.84. The average molecular weight is 332 g/mol. The fourth-order valence-corrected chi connectivity index (χ4v) is 2.66. The number of benzene rings is 2. The Hall–Kier alpha value is -0.930. The average Bonchev–Trinajstić information content (AvgIpc) is 2.32. The van der Waals surface area contributed by atoms with Crippen LogP contribution in [0.15, 0.2) is 42.5 Å². The van der Waals surface area contributed by atoms with Crippen LogP contribution in [0.2, 0.25) is 5.02 Å². The van der Waals surface area contributed by atoms with Crippen LogP contribution in [0.25, 0.3) is 0 Å². The number of halogens is 4. The van der Waals surface area contributed by atoms with Crippen LogP contribution in [0.4, 0.5) is 8.78 Å². The first kappa shape index (κ1) is 13.5. The molecule has 4 heteroatoms. The van der Waals surface area contributed by atoms with Gasteiger partial charge in [0.25, 0.3) is 0 Å². The van der Waals surface area contributed by atoms with Crippen molar-refractivity contribution in [3.8, 4) is 0 Å². The fraction of sp³-hybridized carbons (Fsp3) is 0.143. The molecule has 0 amide bonds. The number of hydrogen-bond acceptors (Lipinski definition) is 0. The molecular formula is C14H10BrClF2. The molecule has 0 saturated carbocycles. The van der Waals surface area contributed by atoms with Crippen LogP contribution in [0.5, 0.6) is 0 Å². The van der Waals surface area contributed by atoms with Crippen LogP contribution >= 0.6 is 27.5 Å². The summed E-state index contributed by atoms with van der Waals surface area (Å²) in [5.41, 5.74) is 1.35. The van der Waals surface area contributed by atoms with Crippen molar-refractivity contribution >= 4 is 27.5 Å². The summed E-state index contributed by atoms with van der Waals surface area (Å²) < 4.78 is 26.4. The Labute approximate surface area is 118 Å². The van der Waals surface area contributed by atoms with E-state index in [0.717, 1.165) is 11.6 Å². The first-order chi connectivity index (χ1) is 8.58. The van der Waals surface area contributed by atoms with E-state index in [1.807, 2.05) is 18.2 Å². The van der Waals surface area contributed by atoms with Crippen molar-refractivity contribution in [3.05, 3.63) is 70.2 Å². The molecule has 0 aliphatic carbocycles. The zero-order valence-corrected chi connectivity index (χ0v) is 11.7. The topological polar surface area (TPSA) is 0 Å². The van der Waals surface area contributed by atoms with Gasteiger partial charge in [-0.05, 0) is 24.1 Å². The van der Waals surface area contributed by atoms with E-state index in [-0.39, 0.29) is 4.83 Å². The molecule has 1 unspecified atom stereocenters. The molecule has 18 heavy (non-hydrogen) atoms. The highest BCUT2D eigenvalue weighted by Gasteiger charge is 2.15. The molecule has 2 rings (SSSR count). The van der Waals surface area contributed by atoms with Gasteiger partial charge in [-0.1, -0.05) is 51.8 Å². The van der Waals surface area contributed by atoms with Crippen molar-refractivity contribution in [1.29, 1.82) is 0 Å². The van der Waals surface area contributed by atoms with E-state index in [9.17, 15) is 8.78 Å². The van der Waals surface area contributed by atoms with Crippen LogP contribution in [0, 0.1) is 11.6 Å². The summed E-state index contributed by atoms with van der Waals surface area (Å²) >= 11 is 9.46. The Morgan fingerprint density at radius 1 is 1.11 bits per heavy atom. The third-order valence-electron chi connectivity index (χ3n) is 2.66. The molecule has 2 aromatic carbocycles. The molecule has 0 radical (unpaired) electrons. The second-order valence-electron chi connectivity index (χ2n) is 3.93. The number of alkyl halides is 1. The van der Waals surface area contributed by atoms with E-state index < -0.39 is 11.6 Å². The van der Waals surface area contributed by atoms with Gasteiger partial charge in [0.2, 0.25) is 0 Å². The van der Waals surface area contributed by atoms with Gasteiger partial charge in [0.1, 0.15) is 11.6 Å². The Balaban J connectivity index is 2.22. The van der Waals surface area contributed by atoms with Gasteiger partial charge in [0.15, 0.2) is 0 Å². The Bertz CT molecular complexity index is 557. The van der Waals surface area contributed by atoms with E-state index in [2.05, 4.69) is 15.9 Å². The predicted octanol–water partition coefficient (Wildman–Crippen LogP) is 5.30. The van der Waals surface area contributed by atoms with Gasteiger partial charge in [-0.2, -0.15) is 0 Å². The van der Waals surface area contributed by atoms with Gasteiger partial charge in [0, 0.05) is 21.5 Å². The second-order valence-corrected chi connectivity index (χ2v) is 5.44. The van der Waals surface area contributed by atoms with E-state index in [0.29, 0.717) is 17.0 Å². The maximum Gasteiger partial charge on any atom is 0.130 e. The first-order valence-electron chi connectivity index (χ1n) is 5.40. The third kappa shape index (κ3) is 3.09. The van der Waals surface area contributed by atoms with Gasteiger partial charge in [-0.15, -0.1) is 0 Å². The normalized spacial score (nSPS) is 12.4. The summed E-state index contributed by atoms with van der Waals surface area (Å²) in [5.74, 6) is -1.13. The summed E-state index contributed by atoms with van der Waals surface area (Å²) in [4.78, 5) is -0.238. The number of hydrogen-bond donors (Lipinski definition) is 0.